The van der Waals surface area contributed by atoms with E-state index in [-0.39, 0.29) is 12.0 Å². The van der Waals surface area contributed by atoms with Gasteiger partial charge in [-0.3, -0.25) is 0 Å². The second-order valence-corrected chi connectivity index (χ2v) is 3.86. The number of halogens is 3. The summed E-state index contributed by atoms with van der Waals surface area (Å²) in [4.78, 5) is 10.5. The minimum absolute atomic E-state index is 0.0398. The minimum atomic E-state index is -3.79. The third-order valence-corrected chi connectivity index (χ3v) is 2.91. The molecule has 1 N–H and O–H groups in total. The van der Waals surface area contributed by atoms with E-state index in [1.165, 1.54) is 12.1 Å². The van der Waals surface area contributed by atoms with Crippen molar-refractivity contribution in [1.29, 1.82) is 0 Å². The van der Waals surface area contributed by atoms with E-state index in [0.717, 1.165) is 6.07 Å². The number of benzene rings is 1. The van der Waals surface area contributed by atoms with Gasteiger partial charge in [0.2, 0.25) is 0 Å². The molecule has 2 nitrogen and oxygen atoms in total. The molecule has 16 heavy (non-hydrogen) atoms. The first kappa shape index (κ1) is 11.0. The molecule has 0 heterocycles. The van der Waals surface area contributed by atoms with Gasteiger partial charge < -0.3 is 5.11 Å². The Hall–Kier alpha value is -1.52. The maximum absolute atomic E-state index is 13.3. The van der Waals surface area contributed by atoms with E-state index in [1.807, 2.05) is 0 Å². The van der Waals surface area contributed by atoms with Crippen LogP contribution in [0.5, 0.6) is 0 Å². The molecule has 1 aromatic carbocycles. The van der Waals surface area contributed by atoms with Crippen LogP contribution in [0.25, 0.3) is 0 Å². The third kappa shape index (κ3) is 1.56. The van der Waals surface area contributed by atoms with Gasteiger partial charge in [0, 0.05) is 0 Å². The molecule has 0 aromatic heterocycles. The second-order valence-electron chi connectivity index (χ2n) is 3.86. The molecule has 1 atom stereocenters. The van der Waals surface area contributed by atoms with Crippen molar-refractivity contribution in [2.75, 3.05) is 0 Å². The molecule has 5 heteroatoms. The third-order valence-electron chi connectivity index (χ3n) is 2.91. The number of carbonyl (C=O) groups is 1. The van der Waals surface area contributed by atoms with Crippen LogP contribution in [0.4, 0.5) is 13.2 Å². The van der Waals surface area contributed by atoms with Crippen LogP contribution < -0.4 is 0 Å². The van der Waals surface area contributed by atoms with Crippen molar-refractivity contribution in [3.8, 4) is 0 Å². The summed E-state index contributed by atoms with van der Waals surface area (Å²) in [7, 11) is 0. The predicted molar refractivity (Wildman–Crippen MR) is 50.0 cm³/mol. The number of aryl methyl sites for hydroxylation is 1. The zero-order chi connectivity index (χ0) is 11.9. The summed E-state index contributed by atoms with van der Waals surface area (Å²) >= 11 is 0. The van der Waals surface area contributed by atoms with E-state index in [9.17, 15) is 18.0 Å². The van der Waals surface area contributed by atoms with Gasteiger partial charge in [-0.1, -0.05) is 6.07 Å². The molecule has 1 aliphatic carbocycles. The Morgan fingerprint density at radius 1 is 1.44 bits per heavy atom. The Morgan fingerprint density at radius 2 is 2.12 bits per heavy atom. The normalized spacial score (nSPS) is 19.6. The van der Waals surface area contributed by atoms with Crippen LogP contribution in [0.3, 0.4) is 0 Å². The van der Waals surface area contributed by atoms with Crippen LogP contribution >= 0.6 is 0 Å². The molecule has 2 rings (SSSR count). The number of alkyl halides is 2. The van der Waals surface area contributed by atoms with Gasteiger partial charge in [0.1, 0.15) is 5.82 Å². The lowest BCUT2D eigenvalue weighted by Gasteiger charge is -2.19. The standard InChI is InChI=1S/C11H9F3O2/c12-7-2-3-8-6(5-7)1-4-9(8)11(13,14)10(15)16/h2-3,5,9H,1,4H2,(H,15,16). The van der Waals surface area contributed by atoms with Gasteiger partial charge in [0.05, 0.1) is 5.92 Å². The first-order valence-electron chi connectivity index (χ1n) is 4.82. The monoisotopic (exact) mass is 230 g/mol. The van der Waals surface area contributed by atoms with E-state index in [1.54, 1.807) is 0 Å². The topological polar surface area (TPSA) is 37.3 Å². The fourth-order valence-corrected chi connectivity index (χ4v) is 2.11. The molecule has 0 aliphatic heterocycles. The van der Waals surface area contributed by atoms with Crippen LogP contribution in [-0.2, 0) is 11.2 Å². The largest absolute Gasteiger partial charge is 0.477 e. The summed E-state index contributed by atoms with van der Waals surface area (Å²) in [6.07, 6.45) is 0.332. The summed E-state index contributed by atoms with van der Waals surface area (Å²) in [6, 6.07) is 3.52. The molecule has 86 valence electrons. The quantitative estimate of drug-likeness (QED) is 0.847. The van der Waals surface area contributed by atoms with Crippen LogP contribution in [-0.4, -0.2) is 17.0 Å². The maximum atomic E-state index is 13.3. The Morgan fingerprint density at radius 3 is 2.75 bits per heavy atom. The van der Waals surface area contributed by atoms with E-state index in [0.29, 0.717) is 12.0 Å². The molecule has 0 amide bonds. The van der Waals surface area contributed by atoms with Crippen molar-refractivity contribution < 1.29 is 23.1 Å². The molecule has 0 saturated heterocycles. The first-order chi connectivity index (χ1) is 7.43. The van der Waals surface area contributed by atoms with Gasteiger partial charge in [0.25, 0.3) is 0 Å². The molecule has 1 aromatic rings. The van der Waals surface area contributed by atoms with Gasteiger partial charge in [-0.05, 0) is 36.1 Å². The molecule has 0 fully saturated rings. The van der Waals surface area contributed by atoms with E-state index >= 15 is 0 Å². The average Bonchev–Trinajstić information content (AvgIpc) is 2.60. The summed E-state index contributed by atoms with van der Waals surface area (Å²) in [6.45, 7) is 0. The van der Waals surface area contributed by atoms with Crippen LogP contribution in [0.1, 0.15) is 23.5 Å². The fourth-order valence-electron chi connectivity index (χ4n) is 2.11. The SMILES string of the molecule is O=C(O)C(F)(F)C1CCc2cc(F)ccc21. The Bertz CT molecular complexity index is 443. The molecule has 0 radical (unpaired) electrons. The van der Waals surface area contributed by atoms with Crippen LogP contribution in [0.15, 0.2) is 18.2 Å². The molecule has 0 spiro atoms. The number of carboxylic acids is 1. The Balaban J connectivity index is 2.41. The number of aliphatic carboxylic acids is 1. The number of hydrogen-bond acceptors (Lipinski definition) is 1. The smallest absolute Gasteiger partial charge is 0.375 e. The summed E-state index contributed by atoms with van der Waals surface area (Å²) in [5.74, 6) is -7.75. The Labute approximate surface area is 89.7 Å². The van der Waals surface area contributed by atoms with Crippen molar-refractivity contribution in [3.05, 3.63) is 35.1 Å². The molecule has 0 saturated carbocycles. The van der Waals surface area contributed by atoms with Crippen LogP contribution in [0.2, 0.25) is 0 Å². The van der Waals surface area contributed by atoms with Crippen molar-refractivity contribution in [2.45, 2.75) is 24.7 Å². The lowest BCUT2D eigenvalue weighted by atomic mass is 9.94. The highest BCUT2D eigenvalue weighted by Gasteiger charge is 2.50. The number of fused-ring (bicyclic) bond motifs is 1. The maximum Gasteiger partial charge on any atom is 0.375 e. The minimum Gasteiger partial charge on any atom is -0.477 e. The van der Waals surface area contributed by atoms with E-state index in [4.69, 9.17) is 5.11 Å². The number of hydrogen-bond donors (Lipinski definition) is 1. The van der Waals surface area contributed by atoms with Gasteiger partial charge in [-0.25, -0.2) is 9.18 Å². The molecular formula is C11H9F3O2. The predicted octanol–water partition coefficient (Wildman–Crippen LogP) is 2.58. The first-order valence-corrected chi connectivity index (χ1v) is 4.82. The summed E-state index contributed by atoms with van der Waals surface area (Å²) < 4.78 is 39.5. The zero-order valence-electron chi connectivity index (χ0n) is 8.21. The average molecular weight is 230 g/mol. The number of carboxylic acid groups (broad SMARTS) is 1. The lowest BCUT2D eigenvalue weighted by molar-refractivity contribution is -0.168. The zero-order valence-corrected chi connectivity index (χ0v) is 8.21. The Kier molecular flexibility index (Phi) is 2.40. The van der Waals surface area contributed by atoms with Gasteiger partial charge >= 0.3 is 11.9 Å². The van der Waals surface area contributed by atoms with Crippen molar-refractivity contribution in [2.24, 2.45) is 0 Å². The summed E-state index contributed by atoms with van der Waals surface area (Å²) in [5.41, 5.74) is 0.722. The van der Waals surface area contributed by atoms with Crippen molar-refractivity contribution in [3.63, 3.8) is 0 Å². The van der Waals surface area contributed by atoms with Gasteiger partial charge in [-0.2, -0.15) is 8.78 Å². The molecule has 1 unspecified atom stereocenters. The molecule has 0 bridgehead atoms. The van der Waals surface area contributed by atoms with E-state index in [2.05, 4.69) is 0 Å². The highest BCUT2D eigenvalue weighted by molar-refractivity contribution is 5.77. The van der Waals surface area contributed by atoms with E-state index < -0.39 is 23.6 Å². The van der Waals surface area contributed by atoms with Crippen molar-refractivity contribution >= 4 is 5.97 Å². The number of rotatable bonds is 2. The highest BCUT2D eigenvalue weighted by Crippen LogP contribution is 2.43. The lowest BCUT2D eigenvalue weighted by Crippen LogP contribution is -2.34. The van der Waals surface area contributed by atoms with Gasteiger partial charge in [0.15, 0.2) is 0 Å². The summed E-state index contributed by atoms with van der Waals surface area (Å²) in [5, 5.41) is 8.46. The molecular weight excluding hydrogens is 221 g/mol. The van der Waals surface area contributed by atoms with Gasteiger partial charge in [-0.15, -0.1) is 0 Å². The highest BCUT2D eigenvalue weighted by atomic mass is 19.3. The fraction of sp³-hybridized carbons (Fsp3) is 0.364. The second kappa shape index (κ2) is 3.50. The van der Waals surface area contributed by atoms with Crippen molar-refractivity contribution in [1.82, 2.24) is 0 Å². The molecule has 1 aliphatic rings. The van der Waals surface area contributed by atoms with Crippen LogP contribution in [0, 0.1) is 5.82 Å².